The van der Waals surface area contributed by atoms with E-state index in [0.717, 1.165) is 0 Å². The fraction of sp³-hybridized carbons (Fsp3) is 0.308. The number of nitrogens with zero attached hydrogens (tertiary/aromatic N) is 3. The third kappa shape index (κ3) is 3.62. The minimum Gasteiger partial charge on any atom is -0.479 e. The first-order chi connectivity index (χ1) is 9.97. The van der Waals surface area contributed by atoms with Gasteiger partial charge in [0.1, 0.15) is 5.76 Å². The standard InChI is InChI=1S/C13H16N4O4/c1-16(8-10-4-3-5-21-10)13(20)15-11(12(18)19)9-6-14-17(2)7-9/h3-7,11H,8H2,1-2H3,(H,15,20)(H,18,19). The van der Waals surface area contributed by atoms with E-state index in [1.165, 1.54) is 22.0 Å². The fourth-order valence-electron chi connectivity index (χ4n) is 1.82. The minimum absolute atomic E-state index is 0.248. The molecule has 2 N–H and O–H groups in total. The molecule has 2 heterocycles. The van der Waals surface area contributed by atoms with E-state index in [1.54, 1.807) is 32.4 Å². The maximum absolute atomic E-state index is 12.0. The Bertz CT molecular complexity index is 620. The van der Waals surface area contributed by atoms with Crippen LogP contribution >= 0.6 is 0 Å². The summed E-state index contributed by atoms with van der Waals surface area (Å²) in [6, 6.07) is 1.80. The predicted octanol–water partition coefficient (Wildman–Crippen LogP) is 0.980. The molecular weight excluding hydrogens is 276 g/mol. The molecule has 2 aromatic rings. The Morgan fingerprint density at radius 3 is 2.86 bits per heavy atom. The van der Waals surface area contributed by atoms with Gasteiger partial charge in [-0.2, -0.15) is 5.10 Å². The van der Waals surface area contributed by atoms with Gasteiger partial charge in [-0.3, -0.25) is 4.68 Å². The van der Waals surface area contributed by atoms with Crippen molar-refractivity contribution in [3.8, 4) is 0 Å². The SMILES string of the molecule is CN(Cc1ccco1)C(=O)NC(C(=O)O)c1cnn(C)c1. The van der Waals surface area contributed by atoms with Crippen LogP contribution in [-0.2, 0) is 18.4 Å². The number of carboxylic acid groups (broad SMARTS) is 1. The highest BCUT2D eigenvalue weighted by Crippen LogP contribution is 2.13. The molecule has 1 unspecified atom stereocenters. The van der Waals surface area contributed by atoms with Crippen LogP contribution in [0.5, 0.6) is 0 Å². The lowest BCUT2D eigenvalue weighted by atomic mass is 10.1. The van der Waals surface area contributed by atoms with Crippen molar-refractivity contribution in [3.05, 3.63) is 42.1 Å². The van der Waals surface area contributed by atoms with Crippen molar-refractivity contribution in [2.75, 3.05) is 7.05 Å². The summed E-state index contributed by atoms with van der Waals surface area (Å²) in [5.41, 5.74) is 0.407. The summed E-state index contributed by atoms with van der Waals surface area (Å²) < 4.78 is 6.62. The van der Waals surface area contributed by atoms with Crippen molar-refractivity contribution < 1.29 is 19.1 Å². The van der Waals surface area contributed by atoms with E-state index in [-0.39, 0.29) is 6.54 Å². The zero-order valence-electron chi connectivity index (χ0n) is 11.7. The maximum Gasteiger partial charge on any atom is 0.331 e. The molecule has 8 heteroatoms. The van der Waals surface area contributed by atoms with Crippen LogP contribution in [0.25, 0.3) is 0 Å². The van der Waals surface area contributed by atoms with E-state index in [0.29, 0.717) is 11.3 Å². The molecule has 0 aliphatic rings. The topological polar surface area (TPSA) is 101 Å². The summed E-state index contributed by atoms with van der Waals surface area (Å²) in [6.45, 7) is 0.248. The van der Waals surface area contributed by atoms with Crippen LogP contribution in [0, 0.1) is 0 Å². The number of amides is 2. The number of carbonyl (C=O) groups is 2. The van der Waals surface area contributed by atoms with Gasteiger partial charge in [0, 0.05) is 25.9 Å². The van der Waals surface area contributed by atoms with Crippen molar-refractivity contribution in [2.24, 2.45) is 7.05 Å². The number of aryl methyl sites for hydroxylation is 1. The predicted molar refractivity (Wildman–Crippen MR) is 72.3 cm³/mol. The summed E-state index contributed by atoms with van der Waals surface area (Å²) in [7, 11) is 3.23. The molecule has 0 saturated carbocycles. The van der Waals surface area contributed by atoms with Gasteiger partial charge in [-0.15, -0.1) is 0 Å². The average molecular weight is 292 g/mol. The third-order valence-corrected chi connectivity index (χ3v) is 2.89. The monoisotopic (exact) mass is 292 g/mol. The maximum atomic E-state index is 12.0. The molecule has 0 fully saturated rings. The first kappa shape index (κ1) is 14.6. The summed E-state index contributed by atoms with van der Waals surface area (Å²) >= 11 is 0. The highest BCUT2D eigenvalue weighted by molar-refractivity contribution is 5.83. The number of carbonyl (C=O) groups excluding carboxylic acids is 1. The number of hydrogen-bond donors (Lipinski definition) is 2. The Morgan fingerprint density at radius 2 is 2.33 bits per heavy atom. The Hall–Kier alpha value is -2.77. The van der Waals surface area contributed by atoms with Crippen LogP contribution in [0.2, 0.25) is 0 Å². The number of nitrogens with one attached hydrogen (secondary N) is 1. The number of rotatable bonds is 5. The summed E-state index contributed by atoms with van der Waals surface area (Å²) in [4.78, 5) is 24.7. The quantitative estimate of drug-likeness (QED) is 0.855. The van der Waals surface area contributed by atoms with E-state index in [2.05, 4.69) is 10.4 Å². The second-order valence-electron chi connectivity index (χ2n) is 4.60. The second-order valence-corrected chi connectivity index (χ2v) is 4.60. The van der Waals surface area contributed by atoms with E-state index in [1.807, 2.05) is 0 Å². The molecule has 2 amide bonds. The van der Waals surface area contributed by atoms with Crippen LogP contribution in [-0.4, -0.2) is 38.8 Å². The Morgan fingerprint density at radius 1 is 1.57 bits per heavy atom. The lowest BCUT2D eigenvalue weighted by molar-refractivity contribution is -0.139. The smallest absolute Gasteiger partial charge is 0.331 e. The average Bonchev–Trinajstić information content (AvgIpc) is 3.06. The highest BCUT2D eigenvalue weighted by Gasteiger charge is 2.25. The largest absolute Gasteiger partial charge is 0.479 e. The van der Waals surface area contributed by atoms with Gasteiger partial charge in [0.15, 0.2) is 6.04 Å². The van der Waals surface area contributed by atoms with Gasteiger partial charge in [0.25, 0.3) is 0 Å². The van der Waals surface area contributed by atoms with E-state index >= 15 is 0 Å². The van der Waals surface area contributed by atoms with Gasteiger partial charge in [0.2, 0.25) is 0 Å². The van der Waals surface area contributed by atoms with E-state index < -0.39 is 18.0 Å². The van der Waals surface area contributed by atoms with Crippen LogP contribution in [0.1, 0.15) is 17.4 Å². The van der Waals surface area contributed by atoms with Crippen molar-refractivity contribution >= 4 is 12.0 Å². The van der Waals surface area contributed by atoms with Crippen molar-refractivity contribution in [1.29, 1.82) is 0 Å². The van der Waals surface area contributed by atoms with Gasteiger partial charge in [-0.05, 0) is 12.1 Å². The molecule has 0 aliphatic carbocycles. The molecule has 0 bridgehead atoms. The fourth-order valence-corrected chi connectivity index (χ4v) is 1.82. The number of urea groups is 1. The lowest BCUT2D eigenvalue weighted by Crippen LogP contribution is -2.41. The van der Waals surface area contributed by atoms with Crippen molar-refractivity contribution in [1.82, 2.24) is 20.0 Å². The Balaban J connectivity index is 2.03. The summed E-state index contributed by atoms with van der Waals surface area (Å²) in [5, 5.41) is 15.6. The van der Waals surface area contributed by atoms with Crippen LogP contribution < -0.4 is 5.32 Å². The van der Waals surface area contributed by atoms with E-state index in [9.17, 15) is 14.7 Å². The van der Waals surface area contributed by atoms with Gasteiger partial charge < -0.3 is 19.7 Å². The first-order valence-electron chi connectivity index (χ1n) is 6.22. The zero-order chi connectivity index (χ0) is 15.4. The Kier molecular flexibility index (Phi) is 4.27. The minimum atomic E-state index is -1.15. The Labute approximate surface area is 121 Å². The molecule has 0 saturated heterocycles. The molecule has 1 atom stereocenters. The second kappa shape index (κ2) is 6.12. The number of hydrogen-bond acceptors (Lipinski definition) is 4. The number of carboxylic acids is 1. The molecule has 2 aromatic heterocycles. The number of aromatic nitrogens is 2. The molecule has 0 spiro atoms. The van der Waals surface area contributed by atoms with Crippen LogP contribution in [0.3, 0.4) is 0 Å². The number of aliphatic carboxylic acids is 1. The highest BCUT2D eigenvalue weighted by atomic mass is 16.4. The summed E-state index contributed by atoms with van der Waals surface area (Å²) in [6.07, 6.45) is 4.47. The number of furan rings is 1. The third-order valence-electron chi connectivity index (χ3n) is 2.89. The summed E-state index contributed by atoms with van der Waals surface area (Å²) in [5.74, 6) is -0.538. The molecule has 112 valence electrons. The van der Waals surface area contributed by atoms with E-state index in [4.69, 9.17) is 4.42 Å². The molecule has 21 heavy (non-hydrogen) atoms. The van der Waals surface area contributed by atoms with Crippen LogP contribution in [0.15, 0.2) is 35.2 Å². The van der Waals surface area contributed by atoms with Crippen molar-refractivity contribution in [2.45, 2.75) is 12.6 Å². The molecule has 2 rings (SSSR count). The van der Waals surface area contributed by atoms with Gasteiger partial charge in [-0.1, -0.05) is 0 Å². The first-order valence-corrected chi connectivity index (χ1v) is 6.22. The van der Waals surface area contributed by atoms with Crippen LogP contribution in [0.4, 0.5) is 4.79 Å². The molecule has 0 aromatic carbocycles. The molecule has 0 aliphatic heterocycles. The molecule has 8 nitrogen and oxygen atoms in total. The van der Waals surface area contributed by atoms with Gasteiger partial charge in [0.05, 0.1) is 19.0 Å². The molecule has 0 radical (unpaired) electrons. The lowest BCUT2D eigenvalue weighted by Gasteiger charge is -2.20. The van der Waals surface area contributed by atoms with Gasteiger partial charge >= 0.3 is 12.0 Å². The van der Waals surface area contributed by atoms with Gasteiger partial charge in [-0.25, -0.2) is 9.59 Å². The zero-order valence-corrected chi connectivity index (χ0v) is 11.7. The normalized spacial score (nSPS) is 11.9. The molecular formula is C13H16N4O4. The van der Waals surface area contributed by atoms with Crippen molar-refractivity contribution in [3.63, 3.8) is 0 Å².